The van der Waals surface area contributed by atoms with Crippen LogP contribution < -0.4 is 16.0 Å². The fourth-order valence-electron chi connectivity index (χ4n) is 2.56. The summed E-state index contributed by atoms with van der Waals surface area (Å²) in [5.41, 5.74) is -1.18. The lowest BCUT2D eigenvalue weighted by Gasteiger charge is -2.27. The van der Waals surface area contributed by atoms with Gasteiger partial charge in [-0.15, -0.1) is 0 Å². The van der Waals surface area contributed by atoms with Gasteiger partial charge in [0.15, 0.2) is 0 Å². The van der Waals surface area contributed by atoms with Gasteiger partial charge in [-0.1, -0.05) is 0 Å². The molecule has 0 atom stereocenters. The minimum Gasteiger partial charge on any atom is -0.351 e. The van der Waals surface area contributed by atoms with Crippen LogP contribution in [0.25, 0.3) is 0 Å². The van der Waals surface area contributed by atoms with Crippen molar-refractivity contribution in [1.82, 2.24) is 15.5 Å². The normalized spacial score (nSPS) is 15.7. The van der Waals surface area contributed by atoms with Gasteiger partial charge >= 0.3 is 6.18 Å². The molecule has 0 unspecified atom stereocenters. The lowest BCUT2D eigenvalue weighted by atomic mass is 10.1. The Bertz CT molecular complexity index is 628. The number of rotatable bonds is 5. The second-order valence-corrected chi connectivity index (χ2v) is 5.83. The third-order valence-electron chi connectivity index (χ3n) is 3.77. The monoisotopic (exact) mass is 358 g/mol. The third kappa shape index (κ3) is 6.02. The molecule has 1 heterocycles. The Labute approximate surface area is 143 Å². The summed E-state index contributed by atoms with van der Waals surface area (Å²) in [7, 11) is 0. The first kappa shape index (κ1) is 19.2. The lowest BCUT2D eigenvalue weighted by molar-refractivity contribution is -0.137. The fraction of sp³-hybridized carbons (Fsp3) is 0.500. The number of carbonyl (C=O) groups excluding carboxylic acids is 2. The molecular formula is C16H21F3N4O2. The summed E-state index contributed by atoms with van der Waals surface area (Å²) in [5.74, 6) is -1.11. The maximum atomic E-state index is 13.0. The van der Waals surface area contributed by atoms with E-state index < -0.39 is 23.6 Å². The topological polar surface area (TPSA) is 73.5 Å². The van der Waals surface area contributed by atoms with Crippen LogP contribution in [0.1, 0.15) is 22.8 Å². The molecule has 2 amide bonds. The van der Waals surface area contributed by atoms with Crippen LogP contribution in [0.5, 0.6) is 0 Å². The molecule has 1 aromatic rings. The fourth-order valence-corrected chi connectivity index (χ4v) is 2.56. The second kappa shape index (κ2) is 8.30. The number of alkyl halides is 3. The van der Waals surface area contributed by atoms with E-state index in [2.05, 4.69) is 20.9 Å². The van der Waals surface area contributed by atoms with E-state index in [0.29, 0.717) is 13.1 Å². The first-order valence-corrected chi connectivity index (χ1v) is 7.97. The van der Waals surface area contributed by atoms with Gasteiger partial charge in [0.05, 0.1) is 5.56 Å². The highest BCUT2D eigenvalue weighted by atomic mass is 19.4. The molecule has 1 aliphatic heterocycles. The van der Waals surface area contributed by atoms with Crippen molar-refractivity contribution in [2.75, 3.05) is 44.6 Å². The number of anilines is 1. The Balaban J connectivity index is 2.04. The van der Waals surface area contributed by atoms with Crippen molar-refractivity contribution in [3.63, 3.8) is 0 Å². The Morgan fingerprint density at radius 1 is 1.20 bits per heavy atom. The third-order valence-corrected chi connectivity index (χ3v) is 3.77. The molecule has 3 N–H and O–H groups in total. The van der Waals surface area contributed by atoms with Gasteiger partial charge in [0.1, 0.15) is 0 Å². The zero-order valence-corrected chi connectivity index (χ0v) is 13.9. The maximum Gasteiger partial charge on any atom is 0.416 e. The minimum absolute atomic E-state index is 0.0606. The summed E-state index contributed by atoms with van der Waals surface area (Å²) < 4.78 is 39.0. The molecule has 0 radical (unpaired) electrons. The van der Waals surface area contributed by atoms with Crippen molar-refractivity contribution < 1.29 is 22.8 Å². The molecule has 0 spiro atoms. The van der Waals surface area contributed by atoms with E-state index in [4.69, 9.17) is 0 Å². The van der Waals surface area contributed by atoms with Crippen molar-refractivity contribution in [1.29, 1.82) is 0 Å². The van der Waals surface area contributed by atoms with Gasteiger partial charge in [-0.05, 0) is 18.2 Å². The summed E-state index contributed by atoms with van der Waals surface area (Å²) in [4.78, 5) is 25.4. The zero-order valence-electron chi connectivity index (χ0n) is 13.9. The van der Waals surface area contributed by atoms with Crippen LogP contribution >= 0.6 is 0 Å². The van der Waals surface area contributed by atoms with Gasteiger partial charge in [-0.3, -0.25) is 14.5 Å². The van der Waals surface area contributed by atoms with Gasteiger partial charge in [-0.2, -0.15) is 13.2 Å². The van der Waals surface area contributed by atoms with Crippen molar-refractivity contribution in [3.05, 3.63) is 29.3 Å². The number of amides is 2. The standard InChI is InChI=1S/C16H21F3N4O2/c1-11(24)22-14-9-12(8-13(10-14)16(17,18)19)15(25)21-4-7-23-5-2-20-3-6-23/h8-10,20H,2-7H2,1H3,(H,21,25)(H,22,24). The minimum atomic E-state index is -4.61. The van der Waals surface area contributed by atoms with Crippen molar-refractivity contribution in [2.24, 2.45) is 0 Å². The molecule has 9 heteroatoms. The van der Waals surface area contributed by atoms with E-state index in [0.717, 1.165) is 38.3 Å². The Hall–Kier alpha value is -2.13. The smallest absolute Gasteiger partial charge is 0.351 e. The van der Waals surface area contributed by atoms with E-state index in [-0.39, 0.29) is 11.3 Å². The zero-order chi connectivity index (χ0) is 18.4. The van der Waals surface area contributed by atoms with E-state index in [1.807, 2.05) is 0 Å². The first-order chi connectivity index (χ1) is 11.8. The van der Waals surface area contributed by atoms with E-state index in [1.165, 1.54) is 13.0 Å². The molecule has 1 saturated heterocycles. The number of hydrogen-bond acceptors (Lipinski definition) is 4. The summed E-state index contributed by atoms with van der Waals surface area (Å²) in [6, 6.07) is 2.82. The Kier molecular flexibility index (Phi) is 6.38. The summed E-state index contributed by atoms with van der Waals surface area (Å²) >= 11 is 0. The molecule has 0 saturated carbocycles. The molecule has 0 aromatic heterocycles. The number of halogens is 3. The highest BCUT2D eigenvalue weighted by molar-refractivity contribution is 5.97. The van der Waals surface area contributed by atoms with Crippen LogP contribution in [0.3, 0.4) is 0 Å². The van der Waals surface area contributed by atoms with Crippen LogP contribution in [0.15, 0.2) is 18.2 Å². The number of benzene rings is 1. The average Bonchev–Trinajstić information content (AvgIpc) is 2.54. The number of nitrogens with one attached hydrogen (secondary N) is 3. The number of piperazine rings is 1. The largest absolute Gasteiger partial charge is 0.416 e. The molecule has 25 heavy (non-hydrogen) atoms. The van der Waals surface area contributed by atoms with Crippen molar-refractivity contribution >= 4 is 17.5 Å². The molecule has 6 nitrogen and oxygen atoms in total. The summed E-state index contributed by atoms with van der Waals surface area (Å²) in [6.45, 7) is 5.64. The predicted molar refractivity (Wildman–Crippen MR) is 87.4 cm³/mol. The van der Waals surface area contributed by atoms with E-state index in [1.54, 1.807) is 0 Å². The van der Waals surface area contributed by atoms with Crippen molar-refractivity contribution in [2.45, 2.75) is 13.1 Å². The quantitative estimate of drug-likeness (QED) is 0.742. The van der Waals surface area contributed by atoms with Gasteiger partial charge in [0, 0.05) is 57.4 Å². The van der Waals surface area contributed by atoms with E-state index in [9.17, 15) is 22.8 Å². The van der Waals surface area contributed by atoms with Gasteiger partial charge in [0.25, 0.3) is 5.91 Å². The summed E-state index contributed by atoms with van der Waals surface area (Å²) in [6.07, 6.45) is -4.61. The number of carbonyl (C=O) groups is 2. The van der Waals surface area contributed by atoms with Crippen LogP contribution in [0, 0.1) is 0 Å². The average molecular weight is 358 g/mol. The molecule has 1 fully saturated rings. The molecule has 0 bridgehead atoms. The van der Waals surface area contributed by atoms with Crippen LogP contribution in [0.2, 0.25) is 0 Å². The molecule has 0 aliphatic carbocycles. The van der Waals surface area contributed by atoms with Crippen molar-refractivity contribution in [3.8, 4) is 0 Å². The van der Waals surface area contributed by atoms with E-state index >= 15 is 0 Å². The molecule has 1 aromatic carbocycles. The number of nitrogens with zero attached hydrogens (tertiary/aromatic N) is 1. The Morgan fingerprint density at radius 2 is 1.88 bits per heavy atom. The molecular weight excluding hydrogens is 337 g/mol. The van der Waals surface area contributed by atoms with Crippen LogP contribution in [-0.2, 0) is 11.0 Å². The highest BCUT2D eigenvalue weighted by Crippen LogP contribution is 2.32. The molecule has 2 rings (SSSR count). The SMILES string of the molecule is CC(=O)Nc1cc(C(=O)NCCN2CCNCC2)cc(C(F)(F)F)c1. The lowest BCUT2D eigenvalue weighted by Crippen LogP contribution is -2.46. The van der Waals surface area contributed by atoms with Gasteiger partial charge in [-0.25, -0.2) is 0 Å². The van der Waals surface area contributed by atoms with Crippen LogP contribution in [-0.4, -0.2) is 56.0 Å². The van der Waals surface area contributed by atoms with Crippen LogP contribution in [0.4, 0.5) is 18.9 Å². The summed E-state index contributed by atoms with van der Waals surface area (Å²) in [5, 5.41) is 8.12. The second-order valence-electron chi connectivity index (χ2n) is 5.83. The highest BCUT2D eigenvalue weighted by Gasteiger charge is 2.32. The van der Waals surface area contributed by atoms with Gasteiger partial charge < -0.3 is 16.0 Å². The number of hydrogen-bond donors (Lipinski definition) is 3. The van der Waals surface area contributed by atoms with Gasteiger partial charge in [0.2, 0.25) is 5.91 Å². The predicted octanol–water partition coefficient (Wildman–Crippen LogP) is 1.30. The molecule has 138 valence electrons. The molecule has 1 aliphatic rings. The Morgan fingerprint density at radius 3 is 2.48 bits per heavy atom. The maximum absolute atomic E-state index is 13.0. The first-order valence-electron chi connectivity index (χ1n) is 7.97.